The molecule has 0 bridgehead atoms. The summed E-state index contributed by atoms with van der Waals surface area (Å²) in [6.07, 6.45) is 4.07. The largest absolute Gasteiger partial charge is 0.298 e. The minimum absolute atomic E-state index is 0.0534. The maximum absolute atomic E-state index is 4.27. The molecule has 26 heavy (non-hydrogen) atoms. The Hall–Kier alpha value is -2.56. The zero-order valence-electron chi connectivity index (χ0n) is 16.4. The van der Waals surface area contributed by atoms with Gasteiger partial charge < -0.3 is 0 Å². The molecular formula is C25H29N. The summed E-state index contributed by atoms with van der Waals surface area (Å²) < 4.78 is 0. The Kier molecular flexibility index (Phi) is 7.01. The van der Waals surface area contributed by atoms with Crippen LogP contribution in [0.25, 0.3) is 5.57 Å². The monoisotopic (exact) mass is 343 g/mol. The van der Waals surface area contributed by atoms with Crippen LogP contribution in [0.4, 0.5) is 0 Å². The van der Waals surface area contributed by atoms with Gasteiger partial charge in [-0.3, -0.25) is 4.90 Å². The first-order chi connectivity index (χ1) is 12.3. The molecule has 1 heteroatoms. The van der Waals surface area contributed by atoms with Crippen molar-refractivity contribution in [2.75, 3.05) is 13.6 Å². The summed E-state index contributed by atoms with van der Waals surface area (Å²) in [5.74, 6) is 6.33. The Bertz CT molecular complexity index is 810. The zero-order chi connectivity index (χ0) is 19.0. The van der Waals surface area contributed by atoms with Crippen LogP contribution in [-0.4, -0.2) is 18.5 Å². The molecule has 0 aliphatic heterocycles. The zero-order valence-corrected chi connectivity index (χ0v) is 16.4. The van der Waals surface area contributed by atoms with Crippen LogP contribution in [0.2, 0.25) is 0 Å². The van der Waals surface area contributed by atoms with Crippen LogP contribution < -0.4 is 0 Å². The molecule has 0 amide bonds. The van der Waals surface area contributed by atoms with E-state index in [9.17, 15) is 0 Å². The molecule has 0 heterocycles. The molecule has 0 aliphatic rings. The van der Waals surface area contributed by atoms with E-state index in [1.54, 1.807) is 0 Å². The molecule has 0 radical (unpaired) electrons. The van der Waals surface area contributed by atoms with Gasteiger partial charge >= 0.3 is 0 Å². The molecule has 2 aromatic carbocycles. The molecule has 1 nitrogen and oxygen atoms in total. The van der Waals surface area contributed by atoms with Crippen LogP contribution in [0.5, 0.6) is 0 Å². The Morgan fingerprint density at radius 3 is 2.42 bits per heavy atom. The molecule has 2 aromatic rings. The Morgan fingerprint density at radius 1 is 1.04 bits per heavy atom. The standard InChI is InChI=1S/C25H29N/c1-21(23-14-8-6-9-15-23)24-16-12-13-22(19-24)20-26(5)18-11-7-10-17-25(2,3)4/h6-9,11-16,19H,1,18,20H2,2-5H3/b11-7+. The van der Waals surface area contributed by atoms with Gasteiger partial charge in [0.05, 0.1) is 0 Å². The van der Waals surface area contributed by atoms with Gasteiger partial charge in [0.2, 0.25) is 0 Å². The summed E-state index contributed by atoms with van der Waals surface area (Å²) >= 11 is 0. The van der Waals surface area contributed by atoms with Crippen LogP contribution in [0.3, 0.4) is 0 Å². The van der Waals surface area contributed by atoms with Crippen LogP contribution >= 0.6 is 0 Å². The lowest BCUT2D eigenvalue weighted by atomic mass is 9.98. The quantitative estimate of drug-likeness (QED) is 0.600. The van der Waals surface area contributed by atoms with Crippen molar-refractivity contribution < 1.29 is 0 Å². The van der Waals surface area contributed by atoms with Crippen molar-refractivity contribution in [3.8, 4) is 11.8 Å². The summed E-state index contributed by atoms with van der Waals surface area (Å²) in [5.41, 5.74) is 4.74. The third kappa shape index (κ3) is 6.75. The third-order valence-corrected chi connectivity index (χ3v) is 3.92. The van der Waals surface area contributed by atoms with Gasteiger partial charge in [0.1, 0.15) is 0 Å². The Balaban J connectivity index is 1.96. The highest BCUT2D eigenvalue weighted by atomic mass is 15.1. The van der Waals surface area contributed by atoms with Gasteiger partial charge in [-0.2, -0.15) is 0 Å². The minimum Gasteiger partial charge on any atom is -0.298 e. The maximum atomic E-state index is 4.27. The van der Waals surface area contributed by atoms with Gasteiger partial charge in [0.15, 0.2) is 0 Å². The summed E-state index contributed by atoms with van der Waals surface area (Å²) in [4.78, 5) is 2.28. The van der Waals surface area contributed by atoms with Crippen molar-refractivity contribution in [2.24, 2.45) is 5.41 Å². The molecule has 0 fully saturated rings. The maximum Gasteiger partial charge on any atom is 0.0234 e. The Labute approximate surface area is 159 Å². The fourth-order valence-electron chi connectivity index (χ4n) is 2.59. The van der Waals surface area contributed by atoms with Crippen molar-refractivity contribution in [2.45, 2.75) is 27.3 Å². The summed E-state index contributed by atoms with van der Waals surface area (Å²) in [5, 5.41) is 0. The number of likely N-dealkylation sites (N-methyl/N-ethyl adjacent to an activating group) is 1. The molecule has 0 saturated heterocycles. The highest BCUT2D eigenvalue weighted by Crippen LogP contribution is 2.22. The van der Waals surface area contributed by atoms with Crippen molar-refractivity contribution >= 4 is 5.57 Å². The summed E-state index contributed by atoms with van der Waals surface area (Å²) in [7, 11) is 2.13. The SMILES string of the molecule is C=C(c1ccccc1)c1cccc(CN(C)C/C=C/C#CC(C)(C)C)c1. The third-order valence-electron chi connectivity index (χ3n) is 3.92. The average molecular weight is 344 g/mol. The number of rotatable bonds is 6. The van der Waals surface area contributed by atoms with Gasteiger partial charge in [-0.25, -0.2) is 0 Å². The van der Waals surface area contributed by atoms with E-state index in [-0.39, 0.29) is 5.41 Å². The lowest BCUT2D eigenvalue weighted by molar-refractivity contribution is 0.363. The van der Waals surface area contributed by atoms with Crippen LogP contribution in [0, 0.1) is 17.3 Å². The predicted molar refractivity (Wildman–Crippen MR) is 114 cm³/mol. The van der Waals surface area contributed by atoms with Crippen molar-refractivity contribution in [3.05, 3.63) is 90.0 Å². The fourth-order valence-corrected chi connectivity index (χ4v) is 2.59. The van der Waals surface area contributed by atoms with E-state index in [4.69, 9.17) is 0 Å². The van der Waals surface area contributed by atoms with Crippen molar-refractivity contribution in [3.63, 3.8) is 0 Å². The van der Waals surface area contributed by atoms with E-state index in [1.165, 1.54) is 16.7 Å². The normalized spacial score (nSPS) is 11.4. The predicted octanol–water partition coefficient (Wildman–Crippen LogP) is 5.79. The van der Waals surface area contributed by atoms with Crippen LogP contribution in [0.15, 0.2) is 73.3 Å². The highest BCUT2D eigenvalue weighted by molar-refractivity contribution is 5.78. The number of hydrogen-bond acceptors (Lipinski definition) is 1. The fraction of sp³-hybridized carbons (Fsp3) is 0.280. The topological polar surface area (TPSA) is 3.24 Å². The average Bonchev–Trinajstić information content (AvgIpc) is 2.61. The number of benzene rings is 2. The van der Waals surface area contributed by atoms with E-state index < -0.39 is 0 Å². The Morgan fingerprint density at radius 2 is 1.73 bits per heavy atom. The number of allylic oxidation sites excluding steroid dienone is 1. The first kappa shape index (κ1) is 19.8. The first-order valence-electron chi connectivity index (χ1n) is 9.05. The second-order valence-electron chi connectivity index (χ2n) is 7.66. The van der Waals surface area contributed by atoms with Gasteiger partial charge in [-0.05, 0) is 62.2 Å². The molecule has 134 valence electrons. The molecule has 0 N–H and O–H groups in total. The summed E-state index contributed by atoms with van der Waals surface area (Å²) in [6.45, 7) is 12.4. The molecule has 0 saturated carbocycles. The van der Waals surface area contributed by atoms with E-state index in [0.717, 1.165) is 18.7 Å². The van der Waals surface area contributed by atoms with Crippen molar-refractivity contribution in [1.82, 2.24) is 4.90 Å². The smallest absolute Gasteiger partial charge is 0.0234 e. The molecule has 0 aliphatic carbocycles. The van der Waals surface area contributed by atoms with E-state index in [1.807, 2.05) is 24.3 Å². The van der Waals surface area contributed by atoms with Crippen LogP contribution in [-0.2, 0) is 6.54 Å². The van der Waals surface area contributed by atoms with Gasteiger partial charge in [-0.1, -0.05) is 73.0 Å². The second kappa shape index (κ2) is 9.22. The molecule has 0 unspecified atom stereocenters. The highest BCUT2D eigenvalue weighted by Gasteiger charge is 2.05. The number of nitrogens with zero attached hydrogens (tertiary/aromatic N) is 1. The van der Waals surface area contributed by atoms with Gasteiger partial charge in [0.25, 0.3) is 0 Å². The lowest BCUT2D eigenvalue weighted by Gasteiger charge is -2.15. The van der Waals surface area contributed by atoms with Gasteiger partial charge in [-0.15, -0.1) is 0 Å². The minimum atomic E-state index is 0.0534. The van der Waals surface area contributed by atoms with Crippen molar-refractivity contribution in [1.29, 1.82) is 0 Å². The van der Waals surface area contributed by atoms with E-state index >= 15 is 0 Å². The second-order valence-corrected chi connectivity index (χ2v) is 7.66. The van der Waals surface area contributed by atoms with E-state index in [2.05, 4.69) is 93.6 Å². The first-order valence-corrected chi connectivity index (χ1v) is 9.05. The lowest BCUT2D eigenvalue weighted by Crippen LogP contribution is -2.17. The van der Waals surface area contributed by atoms with E-state index in [0.29, 0.717) is 0 Å². The van der Waals surface area contributed by atoms with Gasteiger partial charge in [0, 0.05) is 18.5 Å². The molecule has 0 atom stereocenters. The summed E-state index contributed by atoms with van der Waals surface area (Å²) in [6, 6.07) is 19.0. The molecule has 0 aromatic heterocycles. The molecule has 0 spiro atoms. The molecule has 2 rings (SSSR count). The number of hydrogen-bond donors (Lipinski definition) is 0. The van der Waals surface area contributed by atoms with Crippen LogP contribution in [0.1, 0.15) is 37.5 Å². The molecular weight excluding hydrogens is 314 g/mol.